The van der Waals surface area contributed by atoms with E-state index < -0.39 is 10.0 Å². The summed E-state index contributed by atoms with van der Waals surface area (Å²) in [5.74, 6) is 1.11. The maximum absolute atomic E-state index is 13.3. The number of methoxy groups -OCH3 is 2. The monoisotopic (exact) mass is 417 g/mol. The molecule has 0 fully saturated rings. The minimum absolute atomic E-state index is 0.124. The molecule has 3 aromatic rings. The van der Waals surface area contributed by atoms with E-state index in [-0.39, 0.29) is 11.4 Å². The van der Waals surface area contributed by atoms with Crippen LogP contribution in [0.5, 0.6) is 11.5 Å². The van der Waals surface area contributed by atoms with Crippen LogP contribution < -0.4 is 13.8 Å². The van der Waals surface area contributed by atoms with E-state index in [2.05, 4.69) is 0 Å². The highest BCUT2D eigenvalue weighted by Crippen LogP contribution is 2.31. The van der Waals surface area contributed by atoms with Gasteiger partial charge in [-0.1, -0.05) is 35.9 Å². The number of hydrogen-bond acceptors (Lipinski definition) is 4. The summed E-state index contributed by atoms with van der Waals surface area (Å²) in [5, 5.41) is 0.534. The van der Waals surface area contributed by atoms with E-state index >= 15 is 0 Å². The van der Waals surface area contributed by atoms with Crippen molar-refractivity contribution >= 4 is 27.3 Å². The second-order valence-corrected chi connectivity index (χ2v) is 8.29. The van der Waals surface area contributed by atoms with E-state index in [1.165, 1.54) is 4.31 Å². The Kier molecular flexibility index (Phi) is 6.11. The topological polar surface area (TPSA) is 55.8 Å². The van der Waals surface area contributed by atoms with Crippen molar-refractivity contribution in [3.05, 3.63) is 83.4 Å². The van der Waals surface area contributed by atoms with Crippen molar-refractivity contribution in [3.8, 4) is 11.5 Å². The summed E-state index contributed by atoms with van der Waals surface area (Å²) in [4.78, 5) is 0.213. The van der Waals surface area contributed by atoms with Gasteiger partial charge in [0.05, 0.1) is 31.3 Å². The molecular weight excluding hydrogens is 398 g/mol. The minimum atomic E-state index is -3.78. The first kappa shape index (κ1) is 20.0. The molecule has 0 amide bonds. The van der Waals surface area contributed by atoms with Crippen LogP contribution in [-0.2, 0) is 16.6 Å². The van der Waals surface area contributed by atoms with E-state index in [9.17, 15) is 8.42 Å². The van der Waals surface area contributed by atoms with Crippen LogP contribution in [0.25, 0.3) is 0 Å². The van der Waals surface area contributed by atoms with Crippen molar-refractivity contribution < 1.29 is 17.9 Å². The lowest BCUT2D eigenvalue weighted by Gasteiger charge is -2.25. The third-order valence-electron chi connectivity index (χ3n) is 4.22. The highest BCUT2D eigenvalue weighted by atomic mass is 35.5. The molecule has 146 valence electrons. The molecule has 0 N–H and O–H groups in total. The molecule has 0 saturated heterocycles. The van der Waals surface area contributed by atoms with Gasteiger partial charge in [0.15, 0.2) is 11.5 Å². The SMILES string of the molecule is COc1ccc(CN(c2ccc(Cl)cc2)S(=O)(=O)c2ccccc2)cc1OC. The number of anilines is 1. The number of benzene rings is 3. The Morgan fingerprint density at radius 2 is 1.50 bits per heavy atom. The average molecular weight is 418 g/mol. The van der Waals surface area contributed by atoms with Crippen LogP contribution in [0.3, 0.4) is 0 Å². The predicted molar refractivity (Wildman–Crippen MR) is 111 cm³/mol. The fourth-order valence-electron chi connectivity index (χ4n) is 2.79. The van der Waals surface area contributed by atoms with Crippen LogP contribution in [-0.4, -0.2) is 22.6 Å². The van der Waals surface area contributed by atoms with Crippen LogP contribution >= 0.6 is 11.6 Å². The van der Waals surface area contributed by atoms with Gasteiger partial charge in [-0.25, -0.2) is 8.42 Å². The van der Waals surface area contributed by atoms with E-state index in [1.807, 2.05) is 6.07 Å². The number of halogens is 1. The van der Waals surface area contributed by atoms with Gasteiger partial charge in [-0.05, 0) is 54.1 Å². The second kappa shape index (κ2) is 8.54. The van der Waals surface area contributed by atoms with E-state index in [1.54, 1.807) is 80.9 Å². The summed E-state index contributed by atoms with van der Waals surface area (Å²) in [6.45, 7) is 0.124. The van der Waals surface area contributed by atoms with Crippen molar-refractivity contribution in [2.45, 2.75) is 11.4 Å². The molecule has 0 unspecified atom stereocenters. The summed E-state index contributed by atoms with van der Waals surface area (Å²) >= 11 is 5.98. The molecule has 0 atom stereocenters. The van der Waals surface area contributed by atoms with Gasteiger partial charge < -0.3 is 9.47 Å². The second-order valence-electron chi connectivity index (χ2n) is 5.99. The lowest BCUT2D eigenvalue weighted by Crippen LogP contribution is -2.30. The Labute approximate surface area is 170 Å². The van der Waals surface area contributed by atoms with E-state index in [0.717, 1.165) is 5.56 Å². The van der Waals surface area contributed by atoms with Gasteiger partial charge >= 0.3 is 0 Å². The average Bonchev–Trinajstić information content (AvgIpc) is 2.73. The predicted octanol–water partition coefficient (Wildman–Crippen LogP) is 4.75. The molecule has 3 aromatic carbocycles. The first-order chi connectivity index (χ1) is 13.5. The number of nitrogens with zero attached hydrogens (tertiary/aromatic N) is 1. The van der Waals surface area contributed by atoms with E-state index in [0.29, 0.717) is 22.2 Å². The zero-order valence-corrected chi connectivity index (χ0v) is 17.1. The van der Waals surface area contributed by atoms with E-state index in [4.69, 9.17) is 21.1 Å². The van der Waals surface area contributed by atoms with Gasteiger partial charge in [-0.15, -0.1) is 0 Å². The number of ether oxygens (including phenoxy) is 2. The Hall–Kier alpha value is -2.70. The third-order valence-corrected chi connectivity index (χ3v) is 6.26. The lowest BCUT2D eigenvalue weighted by atomic mass is 10.2. The van der Waals surface area contributed by atoms with Crippen molar-refractivity contribution in [2.24, 2.45) is 0 Å². The molecule has 28 heavy (non-hydrogen) atoms. The van der Waals surface area contributed by atoms with Crippen molar-refractivity contribution in [3.63, 3.8) is 0 Å². The molecule has 0 spiro atoms. The normalized spacial score (nSPS) is 11.1. The van der Waals surface area contributed by atoms with Crippen LogP contribution in [0.2, 0.25) is 5.02 Å². The molecule has 0 bridgehead atoms. The Morgan fingerprint density at radius 1 is 0.857 bits per heavy atom. The first-order valence-electron chi connectivity index (χ1n) is 8.50. The third kappa shape index (κ3) is 4.24. The summed E-state index contributed by atoms with van der Waals surface area (Å²) < 4.78 is 38.6. The van der Waals surface area contributed by atoms with Gasteiger partial charge in [-0.2, -0.15) is 0 Å². The van der Waals surface area contributed by atoms with Crippen LogP contribution in [0.1, 0.15) is 5.56 Å². The summed E-state index contributed by atoms with van der Waals surface area (Å²) in [6, 6.07) is 20.4. The number of sulfonamides is 1. The van der Waals surface area contributed by atoms with Crippen molar-refractivity contribution in [2.75, 3.05) is 18.5 Å². The standard InChI is InChI=1S/C21H20ClNO4S/c1-26-20-13-8-16(14-21(20)27-2)15-23(18-11-9-17(22)10-12-18)28(24,25)19-6-4-3-5-7-19/h3-14H,15H2,1-2H3. The van der Waals surface area contributed by atoms with Crippen LogP contribution in [0.15, 0.2) is 77.7 Å². The van der Waals surface area contributed by atoms with Gasteiger partial charge in [-0.3, -0.25) is 4.31 Å². The van der Waals surface area contributed by atoms with Crippen molar-refractivity contribution in [1.29, 1.82) is 0 Å². The minimum Gasteiger partial charge on any atom is -0.493 e. The molecule has 0 heterocycles. The zero-order valence-electron chi connectivity index (χ0n) is 15.5. The highest BCUT2D eigenvalue weighted by Gasteiger charge is 2.25. The largest absolute Gasteiger partial charge is 0.493 e. The van der Waals surface area contributed by atoms with Crippen LogP contribution in [0, 0.1) is 0 Å². The molecule has 0 aliphatic carbocycles. The van der Waals surface area contributed by atoms with Gasteiger partial charge in [0.25, 0.3) is 10.0 Å². The highest BCUT2D eigenvalue weighted by molar-refractivity contribution is 7.92. The molecule has 5 nitrogen and oxygen atoms in total. The zero-order chi connectivity index (χ0) is 20.1. The molecular formula is C21H20ClNO4S. The molecule has 0 aliphatic heterocycles. The Balaban J connectivity index is 2.06. The molecule has 0 radical (unpaired) electrons. The maximum Gasteiger partial charge on any atom is 0.264 e. The summed E-state index contributed by atoms with van der Waals surface area (Å²) in [7, 11) is -0.688. The van der Waals surface area contributed by atoms with Crippen molar-refractivity contribution in [1.82, 2.24) is 0 Å². The lowest BCUT2D eigenvalue weighted by molar-refractivity contribution is 0.354. The number of hydrogen-bond donors (Lipinski definition) is 0. The quantitative estimate of drug-likeness (QED) is 0.556. The fraction of sp³-hybridized carbons (Fsp3) is 0.143. The van der Waals surface area contributed by atoms with Gasteiger partial charge in [0, 0.05) is 5.02 Å². The molecule has 7 heteroatoms. The van der Waals surface area contributed by atoms with Crippen LogP contribution in [0.4, 0.5) is 5.69 Å². The number of rotatable bonds is 7. The molecule has 0 saturated carbocycles. The Morgan fingerprint density at radius 3 is 2.11 bits per heavy atom. The maximum atomic E-state index is 13.3. The Bertz CT molecular complexity index is 1040. The molecule has 0 aliphatic rings. The summed E-state index contributed by atoms with van der Waals surface area (Å²) in [6.07, 6.45) is 0. The molecule has 0 aromatic heterocycles. The first-order valence-corrected chi connectivity index (χ1v) is 10.3. The fourth-order valence-corrected chi connectivity index (χ4v) is 4.39. The van der Waals surface area contributed by atoms with Gasteiger partial charge in [0.2, 0.25) is 0 Å². The van der Waals surface area contributed by atoms with Gasteiger partial charge in [0.1, 0.15) is 0 Å². The smallest absolute Gasteiger partial charge is 0.264 e. The summed E-state index contributed by atoms with van der Waals surface area (Å²) in [5.41, 5.74) is 1.27. The molecule has 3 rings (SSSR count).